The van der Waals surface area contributed by atoms with E-state index in [0.29, 0.717) is 0 Å². The summed E-state index contributed by atoms with van der Waals surface area (Å²) in [5.74, 6) is 0. The van der Waals surface area contributed by atoms with Crippen LogP contribution in [0, 0.1) is 6.92 Å². The number of aryl methyl sites for hydroxylation is 2. The summed E-state index contributed by atoms with van der Waals surface area (Å²) >= 11 is 0. The number of benzene rings is 1. The van der Waals surface area contributed by atoms with Gasteiger partial charge in [-0.25, -0.2) is 9.78 Å². The Labute approximate surface area is 101 Å². The average Bonchev–Trinajstić information content (AvgIpc) is 2.34. The molecule has 1 aromatic heterocycles. The van der Waals surface area contributed by atoms with E-state index in [-0.39, 0.29) is 5.69 Å². The predicted molar refractivity (Wildman–Crippen MR) is 69.0 cm³/mol. The molecule has 0 amide bonds. The van der Waals surface area contributed by atoms with Crippen LogP contribution < -0.4 is 5.69 Å². The summed E-state index contributed by atoms with van der Waals surface area (Å²) in [5.41, 5.74) is 3.89. The highest BCUT2D eigenvalue weighted by atomic mass is 16.1. The van der Waals surface area contributed by atoms with Crippen LogP contribution in [0.15, 0.2) is 35.3 Å². The zero-order valence-corrected chi connectivity index (χ0v) is 10.2. The lowest BCUT2D eigenvalue weighted by Crippen LogP contribution is -2.11. The zero-order valence-electron chi connectivity index (χ0n) is 10.2. The van der Waals surface area contributed by atoms with Crippen LogP contribution in [0.25, 0.3) is 11.3 Å². The second kappa shape index (κ2) is 4.95. The number of aromatic amines is 1. The molecule has 1 aromatic carbocycles. The number of aromatic nitrogens is 2. The average molecular weight is 228 g/mol. The van der Waals surface area contributed by atoms with Gasteiger partial charge in [0.15, 0.2) is 0 Å². The standard InChI is InChI=1S/C14H16N2O/c1-3-4-11-5-7-12(8-6-11)13-10(2)9-15-14(17)16-13/h5-9H,3-4H2,1-2H3,(H,15,16,17). The van der Waals surface area contributed by atoms with Gasteiger partial charge in [0.1, 0.15) is 0 Å². The fourth-order valence-electron chi connectivity index (χ4n) is 1.88. The quantitative estimate of drug-likeness (QED) is 0.877. The Bertz CT molecular complexity index is 555. The first kappa shape index (κ1) is 11.6. The Morgan fingerprint density at radius 2 is 1.94 bits per heavy atom. The van der Waals surface area contributed by atoms with Gasteiger partial charge in [0, 0.05) is 6.20 Å². The molecule has 17 heavy (non-hydrogen) atoms. The minimum atomic E-state index is -0.303. The Morgan fingerprint density at radius 1 is 1.24 bits per heavy atom. The predicted octanol–water partition coefficient (Wildman–Crippen LogP) is 2.70. The normalized spacial score (nSPS) is 10.5. The van der Waals surface area contributed by atoms with Crippen molar-refractivity contribution >= 4 is 0 Å². The van der Waals surface area contributed by atoms with E-state index in [1.165, 1.54) is 5.56 Å². The summed E-state index contributed by atoms with van der Waals surface area (Å²) < 4.78 is 0. The smallest absolute Gasteiger partial charge is 0.305 e. The third-order valence-electron chi connectivity index (χ3n) is 2.78. The van der Waals surface area contributed by atoms with Crippen molar-refractivity contribution in [1.82, 2.24) is 9.97 Å². The number of hydrogen-bond acceptors (Lipinski definition) is 2. The fourth-order valence-corrected chi connectivity index (χ4v) is 1.88. The van der Waals surface area contributed by atoms with Crippen LogP contribution in [0.5, 0.6) is 0 Å². The van der Waals surface area contributed by atoms with Crippen LogP contribution in [0.1, 0.15) is 24.5 Å². The second-order valence-electron chi connectivity index (χ2n) is 4.19. The third kappa shape index (κ3) is 2.61. The molecular formula is C14H16N2O. The summed E-state index contributed by atoms with van der Waals surface area (Å²) in [5, 5.41) is 0. The summed E-state index contributed by atoms with van der Waals surface area (Å²) in [6.07, 6.45) is 3.84. The van der Waals surface area contributed by atoms with E-state index in [9.17, 15) is 4.79 Å². The molecule has 0 aliphatic heterocycles. The molecule has 0 aliphatic carbocycles. The molecule has 0 spiro atoms. The molecule has 3 nitrogen and oxygen atoms in total. The van der Waals surface area contributed by atoms with E-state index >= 15 is 0 Å². The number of H-pyrrole nitrogens is 1. The Morgan fingerprint density at radius 3 is 2.59 bits per heavy atom. The number of hydrogen-bond donors (Lipinski definition) is 1. The van der Waals surface area contributed by atoms with Gasteiger partial charge in [0.25, 0.3) is 0 Å². The summed E-state index contributed by atoms with van der Waals surface area (Å²) in [4.78, 5) is 17.7. The molecule has 0 saturated heterocycles. The molecule has 2 rings (SSSR count). The summed E-state index contributed by atoms with van der Waals surface area (Å²) in [6.45, 7) is 4.11. The Hall–Kier alpha value is -1.90. The molecular weight excluding hydrogens is 212 g/mol. The van der Waals surface area contributed by atoms with Gasteiger partial charge in [-0.1, -0.05) is 37.6 Å². The van der Waals surface area contributed by atoms with E-state index < -0.39 is 0 Å². The molecule has 0 fully saturated rings. The van der Waals surface area contributed by atoms with Crippen LogP contribution in [-0.2, 0) is 6.42 Å². The van der Waals surface area contributed by atoms with Crippen molar-refractivity contribution in [2.24, 2.45) is 0 Å². The van der Waals surface area contributed by atoms with Crippen molar-refractivity contribution in [3.05, 3.63) is 52.1 Å². The van der Waals surface area contributed by atoms with Crippen LogP contribution in [0.4, 0.5) is 0 Å². The number of nitrogens with zero attached hydrogens (tertiary/aromatic N) is 1. The van der Waals surface area contributed by atoms with Gasteiger partial charge in [-0.05, 0) is 30.0 Å². The van der Waals surface area contributed by atoms with E-state index in [4.69, 9.17) is 0 Å². The zero-order chi connectivity index (χ0) is 12.3. The van der Waals surface area contributed by atoms with E-state index in [1.54, 1.807) is 6.20 Å². The second-order valence-corrected chi connectivity index (χ2v) is 4.19. The Balaban J connectivity index is 2.39. The third-order valence-corrected chi connectivity index (χ3v) is 2.78. The van der Waals surface area contributed by atoms with Crippen molar-refractivity contribution in [2.45, 2.75) is 26.7 Å². The van der Waals surface area contributed by atoms with Crippen molar-refractivity contribution in [2.75, 3.05) is 0 Å². The highest BCUT2D eigenvalue weighted by Gasteiger charge is 2.03. The number of rotatable bonds is 3. The topological polar surface area (TPSA) is 45.8 Å². The first-order valence-electron chi connectivity index (χ1n) is 5.86. The SMILES string of the molecule is CCCc1ccc(-c2[nH]c(=O)ncc2C)cc1. The number of nitrogens with one attached hydrogen (secondary N) is 1. The van der Waals surface area contributed by atoms with Crippen molar-refractivity contribution in [1.29, 1.82) is 0 Å². The van der Waals surface area contributed by atoms with Crippen LogP contribution in [0.3, 0.4) is 0 Å². The van der Waals surface area contributed by atoms with E-state index in [1.807, 2.05) is 19.1 Å². The molecule has 0 aliphatic rings. The van der Waals surface area contributed by atoms with Crippen molar-refractivity contribution < 1.29 is 0 Å². The summed E-state index contributed by atoms with van der Waals surface area (Å²) in [7, 11) is 0. The molecule has 0 radical (unpaired) electrons. The van der Waals surface area contributed by atoms with Gasteiger partial charge in [-0.2, -0.15) is 0 Å². The molecule has 88 valence electrons. The van der Waals surface area contributed by atoms with Gasteiger partial charge in [0.2, 0.25) is 0 Å². The van der Waals surface area contributed by atoms with Gasteiger partial charge in [0.05, 0.1) is 5.69 Å². The van der Waals surface area contributed by atoms with Gasteiger partial charge < -0.3 is 4.98 Å². The Kier molecular flexibility index (Phi) is 3.38. The van der Waals surface area contributed by atoms with Crippen molar-refractivity contribution in [3.8, 4) is 11.3 Å². The lowest BCUT2D eigenvalue weighted by atomic mass is 10.0. The van der Waals surface area contributed by atoms with E-state index in [2.05, 4.69) is 29.0 Å². The highest BCUT2D eigenvalue weighted by Crippen LogP contribution is 2.19. The maximum absolute atomic E-state index is 11.2. The van der Waals surface area contributed by atoms with Gasteiger partial charge >= 0.3 is 5.69 Å². The van der Waals surface area contributed by atoms with Gasteiger partial charge in [-0.3, -0.25) is 0 Å². The maximum Gasteiger partial charge on any atom is 0.345 e. The maximum atomic E-state index is 11.2. The molecule has 2 aromatic rings. The van der Waals surface area contributed by atoms with Crippen molar-refractivity contribution in [3.63, 3.8) is 0 Å². The molecule has 0 saturated carbocycles. The van der Waals surface area contributed by atoms with Gasteiger partial charge in [-0.15, -0.1) is 0 Å². The minimum absolute atomic E-state index is 0.303. The molecule has 0 unspecified atom stereocenters. The first-order valence-corrected chi connectivity index (χ1v) is 5.86. The monoisotopic (exact) mass is 228 g/mol. The molecule has 0 bridgehead atoms. The lowest BCUT2D eigenvalue weighted by molar-refractivity contribution is 0.922. The lowest BCUT2D eigenvalue weighted by Gasteiger charge is -2.06. The van der Waals surface area contributed by atoms with Crippen LogP contribution >= 0.6 is 0 Å². The van der Waals surface area contributed by atoms with Crippen LogP contribution in [-0.4, -0.2) is 9.97 Å². The largest absolute Gasteiger partial charge is 0.345 e. The molecule has 1 heterocycles. The summed E-state index contributed by atoms with van der Waals surface area (Å²) in [6, 6.07) is 8.31. The molecule has 0 atom stereocenters. The highest BCUT2D eigenvalue weighted by molar-refractivity contribution is 5.62. The minimum Gasteiger partial charge on any atom is -0.305 e. The van der Waals surface area contributed by atoms with Crippen LogP contribution in [0.2, 0.25) is 0 Å². The van der Waals surface area contributed by atoms with E-state index in [0.717, 1.165) is 29.7 Å². The molecule has 1 N–H and O–H groups in total. The first-order chi connectivity index (χ1) is 8.20. The fraction of sp³-hybridized carbons (Fsp3) is 0.286. The molecule has 3 heteroatoms.